The first kappa shape index (κ1) is 22.8. The van der Waals surface area contributed by atoms with E-state index in [1.165, 1.54) is 0 Å². The number of hydrogen-bond acceptors (Lipinski definition) is 3. The van der Waals surface area contributed by atoms with Crippen LogP contribution in [0.5, 0.6) is 0 Å². The molecule has 0 amide bonds. The Morgan fingerprint density at radius 2 is 0.794 bits per heavy atom. The second-order valence-corrected chi connectivity index (χ2v) is 7.99. The third-order valence-electron chi connectivity index (χ3n) is 5.95. The summed E-state index contributed by atoms with van der Waals surface area (Å²) >= 11 is 0. The predicted molar refractivity (Wildman–Crippen MR) is 137 cm³/mol. The van der Waals surface area contributed by atoms with Crippen LogP contribution in [0.4, 0.5) is 0 Å². The number of ketones is 1. The third kappa shape index (κ3) is 4.84. The molecule has 0 radical (unpaired) electrons. The molecule has 4 rings (SSSR count). The molecule has 0 bridgehead atoms. The van der Waals surface area contributed by atoms with Crippen molar-refractivity contribution in [3.05, 3.63) is 156 Å². The molecule has 0 aliphatic carbocycles. The van der Waals surface area contributed by atoms with Crippen molar-refractivity contribution in [2.45, 2.75) is 11.8 Å². The Morgan fingerprint density at radius 3 is 1.09 bits per heavy atom. The van der Waals surface area contributed by atoms with E-state index in [9.17, 15) is 15.0 Å². The Bertz CT molecular complexity index is 1160. The van der Waals surface area contributed by atoms with E-state index < -0.39 is 11.8 Å². The molecule has 2 atom stereocenters. The molecular formula is C31H26O3. The first-order valence-corrected chi connectivity index (χ1v) is 11.2. The van der Waals surface area contributed by atoms with Crippen molar-refractivity contribution in [1.82, 2.24) is 0 Å². The van der Waals surface area contributed by atoms with Crippen molar-refractivity contribution in [2.75, 3.05) is 0 Å². The highest BCUT2D eigenvalue weighted by molar-refractivity contribution is 6.08. The smallest absolute Gasteiger partial charge is 0.156 e. The summed E-state index contributed by atoms with van der Waals surface area (Å²) < 4.78 is 0. The van der Waals surface area contributed by atoms with E-state index >= 15 is 0 Å². The molecular weight excluding hydrogens is 420 g/mol. The van der Waals surface area contributed by atoms with Gasteiger partial charge in [-0.15, -0.1) is 0 Å². The molecule has 4 aromatic carbocycles. The summed E-state index contributed by atoms with van der Waals surface area (Å²) in [4.78, 5) is 14.5. The first-order valence-electron chi connectivity index (χ1n) is 11.2. The number of benzene rings is 4. The molecule has 0 spiro atoms. The van der Waals surface area contributed by atoms with Gasteiger partial charge in [0.25, 0.3) is 0 Å². The van der Waals surface area contributed by atoms with E-state index in [2.05, 4.69) is 0 Å². The van der Waals surface area contributed by atoms with Crippen molar-refractivity contribution < 1.29 is 15.0 Å². The summed E-state index contributed by atoms with van der Waals surface area (Å²) in [6.45, 7) is 0. The lowest BCUT2D eigenvalue weighted by Gasteiger charge is -2.27. The summed E-state index contributed by atoms with van der Waals surface area (Å²) in [6.07, 6.45) is 2.05. The average molecular weight is 447 g/mol. The largest absolute Gasteiger partial charge is 0.515 e. The predicted octanol–water partition coefficient (Wildman–Crippen LogP) is 7.32. The Labute approximate surface area is 200 Å². The minimum Gasteiger partial charge on any atom is -0.515 e. The van der Waals surface area contributed by atoms with E-state index in [4.69, 9.17) is 0 Å². The number of carbonyl (C=O) groups excluding carboxylic acids is 1. The molecule has 0 aliphatic heterocycles. The fraction of sp³-hybridized carbons (Fsp3) is 0.0645. The zero-order chi connectivity index (χ0) is 23.8. The fourth-order valence-corrected chi connectivity index (χ4v) is 4.34. The normalized spacial score (nSPS) is 13.8. The fourth-order valence-electron chi connectivity index (χ4n) is 4.34. The van der Waals surface area contributed by atoms with Gasteiger partial charge in [-0.3, -0.25) is 4.79 Å². The standard InChI is InChI=1S/C31H26O3/c32-21-27(23-13-5-1-6-14-23)29(25-17-9-3-10-18-25)31(34)30(26-19-11-4-12-20-26)28(22-33)24-15-7-2-8-16-24/h1-22,29-30,32-33H. The van der Waals surface area contributed by atoms with Crippen molar-refractivity contribution >= 4 is 16.9 Å². The Hall–Kier alpha value is -4.37. The number of aliphatic hydroxyl groups is 2. The molecule has 0 fully saturated rings. The molecule has 2 unspecified atom stereocenters. The first-order chi connectivity index (χ1) is 16.7. The molecule has 0 aliphatic rings. The summed E-state index contributed by atoms with van der Waals surface area (Å²) in [7, 11) is 0. The highest BCUT2D eigenvalue weighted by atomic mass is 16.2. The van der Waals surface area contributed by atoms with Crippen LogP contribution in [0.25, 0.3) is 11.1 Å². The van der Waals surface area contributed by atoms with Crippen molar-refractivity contribution in [3.63, 3.8) is 0 Å². The van der Waals surface area contributed by atoms with Gasteiger partial charge >= 0.3 is 0 Å². The van der Waals surface area contributed by atoms with E-state index in [0.717, 1.165) is 34.8 Å². The molecule has 4 aromatic rings. The second kappa shape index (κ2) is 11.0. The van der Waals surface area contributed by atoms with Crippen molar-refractivity contribution in [2.24, 2.45) is 0 Å². The van der Waals surface area contributed by atoms with Gasteiger partial charge in [-0.05, 0) is 22.3 Å². The van der Waals surface area contributed by atoms with Crippen LogP contribution >= 0.6 is 0 Å². The maximum atomic E-state index is 14.5. The van der Waals surface area contributed by atoms with Gasteiger partial charge in [0, 0.05) is 11.1 Å². The van der Waals surface area contributed by atoms with Gasteiger partial charge in [-0.2, -0.15) is 0 Å². The Balaban J connectivity index is 1.91. The average Bonchev–Trinajstić information content (AvgIpc) is 2.92. The van der Waals surface area contributed by atoms with Crippen LogP contribution in [0, 0.1) is 0 Å². The second-order valence-electron chi connectivity index (χ2n) is 7.99. The van der Waals surface area contributed by atoms with Crippen LogP contribution < -0.4 is 0 Å². The van der Waals surface area contributed by atoms with Crippen molar-refractivity contribution in [1.29, 1.82) is 0 Å². The molecule has 0 aromatic heterocycles. The quantitative estimate of drug-likeness (QED) is 0.279. The van der Waals surface area contributed by atoms with E-state index in [1.54, 1.807) is 0 Å². The van der Waals surface area contributed by atoms with Crippen LogP contribution in [0.2, 0.25) is 0 Å². The van der Waals surface area contributed by atoms with E-state index in [1.807, 2.05) is 121 Å². The molecule has 168 valence electrons. The van der Waals surface area contributed by atoms with Gasteiger partial charge in [0.2, 0.25) is 0 Å². The molecule has 34 heavy (non-hydrogen) atoms. The number of allylic oxidation sites excluding steroid dienone is 2. The van der Waals surface area contributed by atoms with Crippen LogP contribution in [0.1, 0.15) is 34.1 Å². The van der Waals surface area contributed by atoms with Gasteiger partial charge in [-0.25, -0.2) is 0 Å². The van der Waals surface area contributed by atoms with Gasteiger partial charge in [-0.1, -0.05) is 121 Å². The lowest BCUT2D eigenvalue weighted by Crippen LogP contribution is -2.23. The van der Waals surface area contributed by atoms with Crippen LogP contribution in [-0.4, -0.2) is 16.0 Å². The maximum Gasteiger partial charge on any atom is 0.156 e. The molecule has 0 saturated heterocycles. The van der Waals surface area contributed by atoms with Gasteiger partial charge in [0.05, 0.1) is 24.4 Å². The third-order valence-corrected chi connectivity index (χ3v) is 5.95. The minimum absolute atomic E-state index is 0.147. The number of carbonyl (C=O) groups is 1. The van der Waals surface area contributed by atoms with Crippen LogP contribution in [-0.2, 0) is 4.79 Å². The van der Waals surface area contributed by atoms with E-state index in [0.29, 0.717) is 11.1 Å². The van der Waals surface area contributed by atoms with Gasteiger partial charge < -0.3 is 10.2 Å². The maximum absolute atomic E-state index is 14.5. The SMILES string of the molecule is O=C(C(C(=CO)c1ccccc1)c1ccccc1)C(C(=CO)c1ccccc1)c1ccccc1. The number of hydrogen-bond donors (Lipinski definition) is 2. The summed E-state index contributed by atoms with van der Waals surface area (Å²) in [6, 6.07) is 37.7. The van der Waals surface area contributed by atoms with Crippen molar-refractivity contribution in [3.8, 4) is 0 Å². The Morgan fingerprint density at radius 1 is 0.500 bits per heavy atom. The number of rotatable bonds is 8. The summed E-state index contributed by atoms with van der Waals surface area (Å²) in [5.41, 5.74) is 4.05. The highest BCUT2D eigenvalue weighted by Gasteiger charge is 2.35. The zero-order valence-corrected chi connectivity index (χ0v) is 18.7. The lowest BCUT2D eigenvalue weighted by molar-refractivity contribution is -0.119. The van der Waals surface area contributed by atoms with Gasteiger partial charge in [0.1, 0.15) is 0 Å². The number of Topliss-reactive ketones (excluding diaryl/α,β-unsaturated/α-hetero) is 1. The summed E-state index contributed by atoms with van der Waals surface area (Å²) in [5.74, 6) is -1.65. The lowest BCUT2D eigenvalue weighted by atomic mass is 9.74. The number of aliphatic hydroxyl groups excluding tert-OH is 2. The monoisotopic (exact) mass is 446 g/mol. The highest BCUT2D eigenvalue weighted by Crippen LogP contribution is 2.42. The minimum atomic E-state index is -0.752. The molecule has 3 heteroatoms. The topological polar surface area (TPSA) is 57.5 Å². The molecule has 0 saturated carbocycles. The molecule has 0 heterocycles. The Kier molecular flexibility index (Phi) is 7.36. The van der Waals surface area contributed by atoms with Crippen LogP contribution in [0.15, 0.2) is 134 Å². The zero-order valence-electron chi connectivity index (χ0n) is 18.7. The molecule has 3 nitrogen and oxygen atoms in total. The van der Waals surface area contributed by atoms with E-state index in [-0.39, 0.29) is 5.78 Å². The summed E-state index contributed by atoms with van der Waals surface area (Å²) in [5, 5.41) is 20.7. The van der Waals surface area contributed by atoms with Crippen LogP contribution in [0.3, 0.4) is 0 Å². The molecule has 2 N–H and O–H groups in total. The van der Waals surface area contributed by atoms with Gasteiger partial charge in [0.15, 0.2) is 5.78 Å².